The largest absolute Gasteiger partial charge is 0.354 e. The molecule has 1 amide bonds. The van der Waals surface area contributed by atoms with Gasteiger partial charge in [0.2, 0.25) is 5.91 Å². The monoisotopic (exact) mass is 600 g/mol. The van der Waals surface area contributed by atoms with Crippen molar-refractivity contribution in [3.8, 4) is 11.3 Å². The zero-order chi connectivity index (χ0) is 31.1. The number of aromatic amines is 1. The van der Waals surface area contributed by atoms with Crippen molar-refractivity contribution in [2.75, 3.05) is 13.1 Å². The predicted molar refractivity (Wildman–Crippen MR) is 181 cm³/mol. The number of aromatic nitrogens is 4. The lowest BCUT2D eigenvalue weighted by molar-refractivity contribution is -0.137. The fourth-order valence-electron chi connectivity index (χ4n) is 7.74. The van der Waals surface area contributed by atoms with Gasteiger partial charge in [-0.3, -0.25) is 9.78 Å². The average molecular weight is 601 g/mol. The molecule has 2 saturated heterocycles. The van der Waals surface area contributed by atoms with Crippen LogP contribution in [0.2, 0.25) is 0 Å². The second-order valence-electron chi connectivity index (χ2n) is 13.8. The number of aryl methyl sites for hydroxylation is 3. The molecule has 2 aliphatic rings. The summed E-state index contributed by atoms with van der Waals surface area (Å²) in [5, 5.41) is 4.91. The minimum Gasteiger partial charge on any atom is -0.354 e. The predicted octanol–water partition coefficient (Wildman–Crippen LogP) is 6.99. The van der Waals surface area contributed by atoms with E-state index < -0.39 is 5.41 Å². The fourth-order valence-corrected chi connectivity index (χ4v) is 7.74. The second kappa shape index (κ2) is 12.0. The Kier molecular flexibility index (Phi) is 7.90. The van der Waals surface area contributed by atoms with Crippen molar-refractivity contribution in [2.45, 2.75) is 90.1 Å². The summed E-state index contributed by atoms with van der Waals surface area (Å²) in [6.45, 7) is 10.3. The molecule has 0 saturated carbocycles. The average Bonchev–Trinajstić information content (AvgIpc) is 3.74. The summed E-state index contributed by atoms with van der Waals surface area (Å²) in [6, 6.07) is 16.4. The number of carbonyl (C=O) groups is 1. The number of fused-ring (bicyclic) bond motifs is 4. The molecule has 5 heterocycles. The Labute approximate surface area is 265 Å². The number of nitrogens with zero attached hydrogens (tertiary/aromatic N) is 4. The number of carbonyl (C=O) groups excluding carboxylic acids is 1. The SMILES string of the molecule is Cc1cc(C)cc(-c2[nH]c3ccc(C(C)(C)C(=O)N4C5CCC4CC5)cc3c2CCNCCCc2cnc3nccnc3c2)c1. The molecule has 2 bridgehead atoms. The van der Waals surface area contributed by atoms with E-state index >= 15 is 0 Å². The molecule has 2 aliphatic heterocycles. The van der Waals surface area contributed by atoms with Gasteiger partial charge in [0.25, 0.3) is 0 Å². The topological polar surface area (TPSA) is 86.8 Å². The first-order valence-electron chi connectivity index (χ1n) is 16.6. The molecule has 0 radical (unpaired) electrons. The Morgan fingerprint density at radius 2 is 1.64 bits per heavy atom. The van der Waals surface area contributed by atoms with Crippen molar-refractivity contribution in [3.63, 3.8) is 0 Å². The van der Waals surface area contributed by atoms with Gasteiger partial charge in [-0.05, 0) is 138 Å². The van der Waals surface area contributed by atoms with Crippen LogP contribution >= 0.6 is 0 Å². The molecule has 2 aromatic carbocycles. The molecule has 7 rings (SSSR count). The van der Waals surface area contributed by atoms with Crippen LogP contribution in [-0.4, -0.2) is 55.9 Å². The first-order chi connectivity index (χ1) is 21.8. The van der Waals surface area contributed by atoms with E-state index in [1.165, 1.54) is 38.9 Å². The summed E-state index contributed by atoms with van der Waals surface area (Å²) in [7, 11) is 0. The van der Waals surface area contributed by atoms with Crippen LogP contribution < -0.4 is 5.32 Å². The lowest BCUT2D eigenvalue weighted by Crippen LogP contribution is -2.45. The Morgan fingerprint density at radius 3 is 2.40 bits per heavy atom. The molecule has 2 N–H and O–H groups in total. The van der Waals surface area contributed by atoms with Crippen molar-refractivity contribution in [3.05, 3.63) is 88.9 Å². The van der Waals surface area contributed by atoms with Gasteiger partial charge in [0.15, 0.2) is 5.65 Å². The van der Waals surface area contributed by atoms with E-state index in [1.54, 1.807) is 12.4 Å². The van der Waals surface area contributed by atoms with E-state index in [4.69, 9.17) is 0 Å². The maximum absolute atomic E-state index is 14.0. The van der Waals surface area contributed by atoms with Crippen LogP contribution in [-0.2, 0) is 23.1 Å². The summed E-state index contributed by atoms with van der Waals surface area (Å²) in [5.74, 6) is 0.286. The van der Waals surface area contributed by atoms with Crippen molar-refractivity contribution >= 4 is 28.0 Å². The third-order valence-corrected chi connectivity index (χ3v) is 10.1. The highest BCUT2D eigenvalue weighted by Gasteiger charge is 2.46. The molecule has 232 valence electrons. The second-order valence-corrected chi connectivity index (χ2v) is 13.8. The summed E-state index contributed by atoms with van der Waals surface area (Å²) >= 11 is 0. The number of hydrogen-bond donors (Lipinski definition) is 2. The van der Waals surface area contributed by atoms with E-state index in [0.717, 1.165) is 74.6 Å². The number of nitrogens with one attached hydrogen (secondary N) is 2. The van der Waals surface area contributed by atoms with E-state index in [0.29, 0.717) is 17.7 Å². The van der Waals surface area contributed by atoms with Crippen LogP contribution in [0.3, 0.4) is 0 Å². The van der Waals surface area contributed by atoms with Gasteiger partial charge >= 0.3 is 0 Å². The smallest absolute Gasteiger partial charge is 0.233 e. The van der Waals surface area contributed by atoms with E-state index in [2.05, 4.69) is 100 Å². The van der Waals surface area contributed by atoms with E-state index in [-0.39, 0.29) is 5.91 Å². The highest BCUT2D eigenvalue weighted by molar-refractivity contribution is 5.94. The molecule has 3 aromatic heterocycles. The van der Waals surface area contributed by atoms with Gasteiger partial charge < -0.3 is 15.2 Å². The molecule has 7 heteroatoms. The number of hydrogen-bond acceptors (Lipinski definition) is 5. The Balaban J connectivity index is 1.11. The lowest BCUT2D eigenvalue weighted by atomic mass is 9.82. The van der Waals surface area contributed by atoms with Crippen LogP contribution in [0.15, 0.2) is 61.1 Å². The third kappa shape index (κ3) is 5.74. The molecular weight excluding hydrogens is 556 g/mol. The van der Waals surface area contributed by atoms with E-state index in [9.17, 15) is 4.79 Å². The van der Waals surface area contributed by atoms with Crippen LogP contribution in [0.25, 0.3) is 33.3 Å². The minimum absolute atomic E-state index is 0.286. The normalized spacial score (nSPS) is 18.0. The van der Waals surface area contributed by atoms with Gasteiger partial charge in [0, 0.05) is 47.3 Å². The van der Waals surface area contributed by atoms with Gasteiger partial charge in [-0.25, -0.2) is 9.97 Å². The minimum atomic E-state index is -0.574. The van der Waals surface area contributed by atoms with Crippen molar-refractivity contribution in [2.24, 2.45) is 0 Å². The fraction of sp³-hybridized carbons (Fsp3) is 0.421. The molecule has 7 nitrogen and oxygen atoms in total. The molecule has 45 heavy (non-hydrogen) atoms. The van der Waals surface area contributed by atoms with Crippen LogP contribution in [0.1, 0.15) is 73.8 Å². The third-order valence-electron chi connectivity index (χ3n) is 10.1. The molecule has 0 aliphatic carbocycles. The maximum Gasteiger partial charge on any atom is 0.233 e. The standard InChI is InChI=1S/C38H44N6O/c1-24-18-25(2)20-27(19-24)35-31(13-15-39-14-5-6-26-21-34-36(42-23-26)41-17-16-40-34)32-22-28(7-12-33(32)43-35)38(3,4)37(45)44-29-8-9-30(44)11-10-29/h7,12,16-23,29-30,39,43H,5-6,8-11,13-15H2,1-4H3. The molecule has 0 atom stereocenters. The van der Waals surface area contributed by atoms with Gasteiger partial charge in [-0.15, -0.1) is 0 Å². The Bertz CT molecular complexity index is 1830. The zero-order valence-corrected chi connectivity index (χ0v) is 27.0. The molecule has 5 aromatic rings. The quantitative estimate of drug-likeness (QED) is 0.169. The Morgan fingerprint density at radius 1 is 0.911 bits per heavy atom. The van der Waals surface area contributed by atoms with Crippen LogP contribution in [0, 0.1) is 13.8 Å². The van der Waals surface area contributed by atoms with Crippen molar-refractivity contribution in [1.29, 1.82) is 0 Å². The molecule has 0 spiro atoms. The van der Waals surface area contributed by atoms with Crippen molar-refractivity contribution in [1.82, 2.24) is 30.2 Å². The van der Waals surface area contributed by atoms with Crippen molar-refractivity contribution < 1.29 is 4.79 Å². The maximum atomic E-state index is 14.0. The van der Waals surface area contributed by atoms with E-state index in [1.807, 2.05) is 6.20 Å². The zero-order valence-electron chi connectivity index (χ0n) is 27.0. The van der Waals surface area contributed by atoms with Gasteiger partial charge in [-0.1, -0.05) is 23.3 Å². The summed E-state index contributed by atoms with van der Waals surface area (Å²) in [4.78, 5) is 33.1. The van der Waals surface area contributed by atoms with Crippen LogP contribution in [0.5, 0.6) is 0 Å². The van der Waals surface area contributed by atoms with Gasteiger partial charge in [0.05, 0.1) is 5.41 Å². The summed E-state index contributed by atoms with van der Waals surface area (Å²) < 4.78 is 0. The first kappa shape index (κ1) is 29.6. The highest BCUT2D eigenvalue weighted by Crippen LogP contribution is 2.42. The molecule has 2 fully saturated rings. The number of pyridine rings is 1. The highest BCUT2D eigenvalue weighted by atomic mass is 16.2. The lowest BCUT2D eigenvalue weighted by Gasteiger charge is -2.33. The first-order valence-corrected chi connectivity index (χ1v) is 16.6. The van der Waals surface area contributed by atoms with Gasteiger partial charge in [0.1, 0.15) is 5.52 Å². The summed E-state index contributed by atoms with van der Waals surface area (Å²) in [5.41, 5.74) is 10.6. The molecular formula is C38H44N6O. The number of benzene rings is 2. The van der Waals surface area contributed by atoms with Gasteiger partial charge in [-0.2, -0.15) is 0 Å². The van der Waals surface area contributed by atoms with Crippen LogP contribution in [0.4, 0.5) is 0 Å². The number of amides is 1. The number of H-pyrrole nitrogens is 1. The summed E-state index contributed by atoms with van der Waals surface area (Å²) in [6.07, 6.45) is 12.8. The number of rotatable bonds is 10. The molecule has 0 unspecified atom stereocenters. The Hall–Kier alpha value is -4.10.